The van der Waals surface area contributed by atoms with E-state index in [1.54, 1.807) is 13.8 Å². The van der Waals surface area contributed by atoms with Crippen LogP contribution >= 0.6 is 0 Å². The molecular weight excluding hydrogens is 1040 g/mol. The van der Waals surface area contributed by atoms with Gasteiger partial charge in [0.2, 0.25) is 53.2 Å². The lowest BCUT2D eigenvalue weighted by atomic mass is 10.0. The van der Waals surface area contributed by atoms with Crippen molar-refractivity contribution in [1.82, 2.24) is 47.0 Å². The monoisotopic (exact) mass is 1120 g/mol. The zero-order valence-electron chi connectivity index (χ0n) is 45.3. The van der Waals surface area contributed by atoms with Gasteiger partial charge in [0.15, 0.2) is 5.96 Å². The van der Waals surface area contributed by atoms with Gasteiger partial charge in [-0.25, -0.2) is 4.79 Å². The van der Waals surface area contributed by atoms with Crippen molar-refractivity contribution in [2.45, 2.75) is 190 Å². The lowest BCUT2D eigenvalue weighted by Crippen LogP contribution is -2.60. The quantitative estimate of drug-likeness (QED) is 0.0159. The van der Waals surface area contributed by atoms with Crippen LogP contribution in [0.25, 0.3) is 0 Å². The van der Waals surface area contributed by atoms with Crippen molar-refractivity contribution in [1.29, 1.82) is 5.41 Å². The molecule has 0 aromatic rings. The van der Waals surface area contributed by atoms with Gasteiger partial charge in [-0.2, -0.15) is 0 Å². The number of carbonyl (C=O) groups is 12. The fourth-order valence-corrected chi connectivity index (χ4v) is 9.13. The molecule has 0 aliphatic carbocycles. The van der Waals surface area contributed by atoms with Gasteiger partial charge in [0.05, 0.1) is 6.04 Å². The Balaban J connectivity index is 2.37. The minimum Gasteiger partial charge on any atom is -0.481 e. The second kappa shape index (κ2) is 35.3. The minimum absolute atomic E-state index is 0.000682. The van der Waals surface area contributed by atoms with Gasteiger partial charge in [-0.1, -0.05) is 13.8 Å². The summed E-state index contributed by atoms with van der Waals surface area (Å²) in [5.41, 5.74) is 27.9. The highest BCUT2D eigenvalue weighted by Crippen LogP contribution is 2.23. The van der Waals surface area contributed by atoms with E-state index in [4.69, 9.17) is 34.1 Å². The van der Waals surface area contributed by atoms with Crippen LogP contribution in [0.3, 0.4) is 0 Å². The molecule has 0 bridgehead atoms. The van der Waals surface area contributed by atoms with Crippen molar-refractivity contribution in [3.8, 4) is 0 Å². The number of guanidine groups is 1. The summed E-state index contributed by atoms with van der Waals surface area (Å²) in [4.78, 5) is 161. The van der Waals surface area contributed by atoms with Gasteiger partial charge in [-0.05, 0) is 122 Å². The summed E-state index contributed by atoms with van der Waals surface area (Å²) in [5.74, 6) is -11.7. The van der Waals surface area contributed by atoms with Gasteiger partial charge in [0, 0.05) is 38.9 Å². The Morgan fingerprint density at radius 3 is 1.38 bits per heavy atom. The fourth-order valence-electron chi connectivity index (χ4n) is 9.13. The van der Waals surface area contributed by atoms with E-state index in [2.05, 4.69) is 37.2 Å². The fraction of sp³-hybridized carbons (Fsp3) is 0.735. The van der Waals surface area contributed by atoms with E-state index in [1.807, 2.05) is 0 Å². The average molecular weight is 1120 g/mol. The Hall–Kier alpha value is -7.21. The van der Waals surface area contributed by atoms with Gasteiger partial charge < -0.3 is 91.0 Å². The number of carboxylic acids is 3. The van der Waals surface area contributed by atoms with E-state index in [0.29, 0.717) is 32.2 Å². The second-order valence-corrected chi connectivity index (χ2v) is 20.2. The molecule has 30 heteroatoms. The normalized spacial score (nSPS) is 17.6. The molecular formula is C49H85N15O15. The molecule has 2 aliphatic rings. The summed E-state index contributed by atoms with van der Waals surface area (Å²) >= 11 is 0. The number of nitrogens with two attached hydrogens (primary N) is 5. The molecule has 21 N–H and O–H groups in total. The predicted molar refractivity (Wildman–Crippen MR) is 283 cm³/mol. The summed E-state index contributed by atoms with van der Waals surface area (Å²) in [6, 6.07) is -11.9. The molecule has 0 saturated carbocycles. The maximum Gasteiger partial charge on any atom is 0.326 e. The molecule has 446 valence electrons. The van der Waals surface area contributed by atoms with E-state index < -0.39 is 151 Å². The topological polar surface area (TPSA) is 510 Å². The zero-order valence-corrected chi connectivity index (χ0v) is 45.3. The van der Waals surface area contributed by atoms with Crippen molar-refractivity contribution in [2.24, 2.45) is 34.6 Å². The van der Waals surface area contributed by atoms with Gasteiger partial charge in [0.25, 0.3) is 0 Å². The van der Waals surface area contributed by atoms with Gasteiger partial charge >= 0.3 is 17.9 Å². The van der Waals surface area contributed by atoms with Crippen molar-refractivity contribution >= 4 is 77.0 Å². The van der Waals surface area contributed by atoms with Crippen LogP contribution in [0, 0.1) is 11.3 Å². The van der Waals surface area contributed by atoms with Crippen LogP contribution in [-0.4, -0.2) is 189 Å². The van der Waals surface area contributed by atoms with Gasteiger partial charge in [-0.15, -0.1) is 0 Å². The third-order valence-electron chi connectivity index (χ3n) is 13.3. The minimum atomic E-state index is -1.57. The van der Waals surface area contributed by atoms with Crippen LogP contribution in [0.2, 0.25) is 0 Å². The average Bonchev–Trinajstić information content (AvgIpc) is 4.11. The number of nitrogens with zero attached hydrogens (tertiary/aromatic N) is 2. The standard InChI is InChI=1S/C49H85N15O15/c1-27(2)26-34(62-41(71)29(10-3-5-21-50)57-40(70)28(52)15-18-37(53)65)47(77)64-25-9-14-36(64)45(75)58-30(16-19-38(66)67)42(72)60-32(11-4-6-22-51)46(76)63-24-8-13-35(63)44(74)59-31(17-20-39(68)69)43(73)61-33(48(78)79)12-7-23-56-49(54)55/h27-36H,3-26,50-52H2,1-2H3,(H2,53,65)(H,57,70)(H,58,75)(H,59,74)(H,60,72)(H,61,73)(H,62,71)(H,66,67)(H,68,69)(H,78,79)(H4,54,55,56)/t28-,29-,30-,31-,32-,33-,34-,35-,36-/m0/s1. The summed E-state index contributed by atoms with van der Waals surface area (Å²) in [6.07, 6.45) is 0.277. The Morgan fingerprint density at radius 2 is 0.949 bits per heavy atom. The predicted octanol–water partition coefficient (Wildman–Crippen LogP) is -4.15. The number of carboxylic acid groups (broad SMARTS) is 3. The molecule has 0 aromatic carbocycles. The van der Waals surface area contributed by atoms with Gasteiger partial charge in [-0.3, -0.25) is 58.1 Å². The number of hydrogen-bond donors (Lipinski definition) is 16. The third kappa shape index (κ3) is 24.6. The number of carbonyl (C=O) groups excluding carboxylic acids is 9. The van der Waals surface area contributed by atoms with Gasteiger partial charge in [0.1, 0.15) is 48.3 Å². The highest BCUT2D eigenvalue weighted by atomic mass is 16.4. The van der Waals surface area contributed by atoms with Crippen LogP contribution < -0.4 is 65.9 Å². The van der Waals surface area contributed by atoms with Crippen molar-refractivity contribution in [3.05, 3.63) is 0 Å². The number of hydrogen-bond acceptors (Lipinski definition) is 16. The molecule has 2 aliphatic heterocycles. The second-order valence-electron chi connectivity index (χ2n) is 20.2. The lowest BCUT2D eigenvalue weighted by molar-refractivity contribution is -0.144. The Morgan fingerprint density at radius 1 is 0.532 bits per heavy atom. The Labute approximate surface area is 458 Å². The Bertz CT molecular complexity index is 2130. The number of aliphatic carboxylic acids is 3. The SMILES string of the molecule is CC(C)C[C@H](NC(=O)[C@H](CCCCN)NC(=O)[C@@H](N)CCC(N)=O)C(=O)N1CCC[C@H]1C(=O)N[C@@H](CCC(=O)O)C(=O)N[C@@H](CCCCN)C(=O)N1CCC[C@H]1C(=O)N[C@@H](CCC(=O)O)C(=O)N[C@@H](CCCNC(=N)N)C(=O)O. The maximum absolute atomic E-state index is 14.5. The van der Waals surface area contributed by atoms with E-state index in [-0.39, 0.29) is 109 Å². The first-order valence-corrected chi connectivity index (χ1v) is 26.9. The molecule has 0 unspecified atom stereocenters. The highest BCUT2D eigenvalue weighted by Gasteiger charge is 2.42. The molecule has 9 atom stereocenters. The first-order chi connectivity index (χ1) is 37.3. The largest absolute Gasteiger partial charge is 0.481 e. The van der Waals surface area contributed by atoms with E-state index in [9.17, 15) is 72.9 Å². The summed E-state index contributed by atoms with van der Waals surface area (Å²) < 4.78 is 0. The number of rotatable bonds is 38. The number of nitrogens with one attached hydrogen (secondary N) is 8. The highest BCUT2D eigenvalue weighted by molar-refractivity contribution is 5.98. The molecule has 79 heavy (non-hydrogen) atoms. The van der Waals surface area contributed by atoms with Crippen molar-refractivity contribution < 1.29 is 72.9 Å². The molecule has 2 rings (SSSR count). The Kier molecular flexibility index (Phi) is 30.4. The van der Waals surface area contributed by atoms with Crippen LogP contribution in [0.15, 0.2) is 0 Å². The number of likely N-dealkylation sites (tertiary alicyclic amines) is 2. The molecule has 2 saturated heterocycles. The smallest absolute Gasteiger partial charge is 0.326 e. The molecule has 9 amide bonds. The summed E-state index contributed by atoms with van der Waals surface area (Å²) in [5, 5.41) is 54.0. The van der Waals surface area contributed by atoms with Crippen LogP contribution in [0.4, 0.5) is 0 Å². The first-order valence-electron chi connectivity index (χ1n) is 26.9. The van der Waals surface area contributed by atoms with Crippen LogP contribution in [0.1, 0.15) is 136 Å². The molecule has 2 heterocycles. The number of unbranched alkanes of at least 4 members (excludes halogenated alkanes) is 2. The molecule has 0 spiro atoms. The first kappa shape index (κ1) is 67.9. The van der Waals surface area contributed by atoms with Crippen molar-refractivity contribution in [3.63, 3.8) is 0 Å². The summed E-state index contributed by atoms with van der Waals surface area (Å²) in [6.45, 7) is 4.30. The molecule has 2 fully saturated rings. The van der Waals surface area contributed by atoms with E-state index >= 15 is 0 Å². The van der Waals surface area contributed by atoms with Crippen LogP contribution in [0.5, 0.6) is 0 Å². The maximum atomic E-state index is 14.5. The number of primary amides is 1. The molecule has 0 radical (unpaired) electrons. The number of amides is 9. The van der Waals surface area contributed by atoms with Crippen molar-refractivity contribution in [2.75, 3.05) is 32.7 Å². The molecule has 30 nitrogen and oxygen atoms in total. The van der Waals surface area contributed by atoms with E-state index in [0.717, 1.165) is 0 Å². The van der Waals surface area contributed by atoms with E-state index in [1.165, 1.54) is 9.80 Å². The van der Waals surface area contributed by atoms with Crippen LogP contribution in [-0.2, 0) is 57.5 Å². The molecule has 0 aromatic heterocycles. The third-order valence-corrected chi connectivity index (χ3v) is 13.3. The zero-order chi connectivity index (χ0) is 59.4. The summed E-state index contributed by atoms with van der Waals surface area (Å²) in [7, 11) is 0. The lowest BCUT2D eigenvalue weighted by Gasteiger charge is -2.32.